The summed E-state index contributed by atoms with van der Waals surface area (Å²) in [4.78, 5) is 241. The fourth-order valence-corrected chi connectivity index (χ4v) is 13.3. The highest BCUT2D eigenvalue weighted by Gasteiger charge is 2.41. The second kappa shape index (κ2) is 47.0. The highest BCUT2D eigenvalue weighted by Crippen LogP contribution is 2.23. The van der Waals surface area contributed by atoms with Gasteiger partial charge in [-0.05, 0) is 97.4 Å². The zero-order valence-corrected chi connectivity index (χ0v) is 69.3. The number of carboxylic acids is 3. The standard InChI is InChI=1S/C83H110N16O24/c1-40(2)31-57(74(114)94-62(36-66(109)110)77(117)92-61(79(119)97-67(41(3)4)71(84)111)35-49-38-86-54-22-16-14-20-52(49)54)90-75(115)58(33-47-23-25-50(104)26-24-47)91-73(113)56(28-30-65(107)108)88-72(112)55(27-29-64(105)106)89-76(116)60(34-48-37-85-53-21-15-13-19-51(48)53)93-80(120)63(39-100)96-82(122)70(44(8)102)99-78(118)59(32-46-17-11-10-12-18-46)95-81(121)68(42(5)6)98-83(123)69(43(7)101)87-45(9)103/h10-26,37-38,40-44,55-63,67-70,85-86,100-102,104H,27-36,39H2,1-9H3,(H2,84,111)(H,87,103)(H,88,112)(H,89,116)(H,90,115)(H,91,113)(H,92,117)(H,93,120)(H,94,114)(H,95,121)(H,96,122)(H,97,119)(H,98,123)(H,99,118)(H,105,106)(H,107,108)(H,109,110). The zero-order chi connectivity index (χ0) is 91.2. The molecule has 2 heterocycles. The Labute approximate surface area is 706 Å². The Morgan fingerprint density at radius 2 is 0.691 bits per heavy atom. The van der Waals surface area contributed by atoms with Gasteiger partial charge in [0.1, 0.15) is 84.3 Å². The van der Waals surface area contributed by atoms with Crippen LogP contribution in [-0.4, -0.2) is 244 Å². The SMILES string of the molecule is CC(=O)NC(C(=O)NC(C(=O)NC(Cc1ccccc1)C(=O)NC(C(=O)NC(CO)C(=O)NC(Cc1c[nH]c2ccccc12)C(=O)NC(CCC(=O)O)C(=O)NC(CCC(=O)O)C(=O)NC(Cc1ccc(O)cc1)C(=O)NC(CC(C)C)C(=O)NC(CC(=O)O)C(=O)NC(Cc1c[nH]c2ccccc12)C(=O)NC(C(N)=O)C(C)C)C(C)O)C(C)C)C(C)O. The lowest BCUT2D eigenvalue weighted by molar-refractivity contribution is -0.142. The molecule has 0 aliphatic heterocycles. The second-order valence-electron chi connectivity index (χ2n) is 31.0. The van der Waals surface area contributed by atoms with E-state index < -0.39 is 261 Å². The van der Waals surface area contributed by atoms with Crippen molar-refractivity contribution in [3.05, 3.63) is 138 Å². The lowest BCUT2D eigenvalue weighted by Crippen LogP contribution is -2.63. The number of para-hydroxylation sites is 2. The number of aromatic amines is 2. The molecular formula is C83H110N16O24. The van der Waals surface area contributed by atoms with Crippen LogP contribution in [0.2, 0.25) is 0 Å². The summed E-state index contributed by atoms with van der Waals surface area (Å²) >= 11 is 0. The number of carbonyl (C=O) groups is 17. The zero-order valence-electron chi connectivity index (χ0n) is 69.3. The number of H-pyrrole nitrogens is 2. The molecule has 4 aromatic carbocycles. The number of hydrogen-bond donors (Lipinski definition) is 23. The van der Waals surface area contributed by atoms with Crippen molar-refractivity contribution in [3.8, 4) is 5.75 Å². The average molecular weight is 1720 g/mol. The van der Waals surface area contributed by atoms with Crippen LogP contribution >= 0.6 is 0 Å². The van der Waals surface area contributed by atoms with Gasteiger partial charge in [-0.1, -0.05) is 120 Å². The number of nitrogens with two attached hydrogens (primary N) is 1. The molecule has 0 fully saturated rings. The van der Waals surface area contributed by atoms with Crippen molar-refractivity contribution in [2.24, 2.45) is 23.5 Å². The Kier molecular flexibility index (Phi) is 37.6. The number of rotatable bonds is 49. The summed E-state index contributed by atoms with van der Waals surface area (Å²) in [5.41, 5.74) is 8.35. The van der Waals surface area contributed by atoms with Crippen molar-refractivity contribution in [1.82, 2.24) is 79.1 Å². The maximum atomic E-state index is 15.0. The summed E-state index contributed by atoms with van der Waals surface area (Å²) in [6, 6.07) is 4.30. The number of fused-ring (bicyclic) bond motifs is 2. The first-order valence-corrected chi connectivity index (χ1v) is 39.8. The van der Waals surface area contributed by atoms with E-state index in [0.29, 0.717) is 38.5 Å². The molecule has 15 unspecified atom stereocenters. The van der Waals surface area contributed by atoms with Crippen LogP contribution in [0.5, 0.6) is 5.75 Å². The summed E-state index contributed by atoms with van der Waals surface area (Å²) < 4.78 is 0. The number of aliphatic carboxylic acids is 3. The minimum absolute atomic E-state index is 0.234. The number of aliphatic hydroxyl groups is 3. The highest BCUT2D eigenvalue weighted by atomic mass is 16.4. The lowest BCUT2D eigenvalue weighted by atomic mass is 9.99. The fraction of sp³-hybridized carbons (Fsp3) is 0.458. The van der Waals surface area contributed by atoms with Gasteiger partial charge in [-0.3, -0.25) is 81.5 Å². The largest absolute Gasteiger partial charge is 0.508 e. The first kappa shape index (κ1) is 98.5. The third-order valence-electron chi connectivity index (χ3n) is 19.8. The van der Waals surface area contributed by atoms with Crippen molar-refractivity contribution in [3.63, 3.8) is 0 Å². The van der Waals surface area contributed by atoms with Crippen molar-refractivity contribution in [2.45, 2.75) is 217 Å². The predicted molar refractivity (Wildman–Crippen MR) is 442 cm³/mol. The highest BCUT2D eigenvalue weighted by molar-refractivity contribution is 6.02. The molecule has 0 spiro atoms. The molecule has 0 saturated carbocycles. The van der Waals surface area contributed by atoms with Gasteiger partial charge in [-0.15, -0.1) is 0 Å². The molecule has 0 saturated heterocycles. The van der Waals surface area contributed by atoms with Gasteiger partial charge in [0.25, 0.3) is 0 Å². The number of benzene rings is 4. The minimum Gasteiger partial charge on any atom is -0.508 e. The Morgan fingerprint density at radius 1 is 0.358 bits per heavy atom. The van der Waals surface area contributed by atoms with Gasteiger partial charge in [0.2, 0.25) is 82.7 Å². The van der Waals surface area contributed by atoms with Crippen LogP contribution in [0.15, 0.2) is 116 Å². The van der Waals surface area contributed by atoms with Gasteiger partial charge in [0.15, 0.2) is 0 Å². The van der Waals surface area contributed by atoms with E-state index in [1.807, 2.05) is 0 Å². The lowest BCUT2D eigenvalue weighted by Gasteiger charge is -2.29. The van der Waals surface area contributed by atoms with Crippen molar-refractivity contribution < 1.29 is 117 Å². The maximum Gasteiger partial charge on any atom is 0.305 e. The molecule has 666 valence electrons. The van der Waals surface area contributed by atoms with E-state index in [1.165, 1.54) is 37.4 Å². The van der Waals surface area contributed by atoms with Crippen molar-refractivity contribution >= 4 is 122 Å². The number of nitrogens with one attached hydrogen (secondary N) is 15. The number of hydrogen-bond acceptors (Lipinski definition) is 21. The van der Waals surface area contributed by atoms with Gasteiger partial charge in [-0.2, -0.15) is 0 Å². The van der Waals surface area contributed by atoms with Crippen LogP contribution in [-0.2, 0) is 107 Å². The van der Waals surface area contributed by atoms with E-state index in [9.17, 15) is 117 Å². The third-order valence-corrected chi connectivity index (χ3v) is 19.8. The Morgan fingerprint density at radius 3 is 1.11 bits per heavy atom. The number of phenols is 1. The van der Waals surface area contributed by atoms with Gasteiger partial charge in [-0.25, -0.2) is 0 Å². The molecule has 0 bridgehead atoms. The molecule has 0 aliphatic carbocycles. The number of primary amides is 1. The van der Waals surface area contributed by atoms with Crippen molar-refractivity contribution in [2.75, 3.05) is 6.61 Å². The summed E-state index contributed by atoms with van der Waals surface area (Å²) in [5, 5.41) is 105. The van der Waals surface area contributed by atoms with E-state index in [2.05, 4.69) is 79.1 Å². The Balaban J connectivity index is 1.27. The quantitative estimate of drug-likeness (QED) is 0.0192. The van der Waals surface area contributed by atoms with Crippen LogP contribution in [0, 0.1) is 17.8 Å². The number of amides is 14. The summed E-state index contributed by atoms with van der Waals surface area (Å²) in [5.74, 6) is -22.0. The van der Waals surface area contributed by atoms with E-state index in [0.717, 1.165) is 13.8 Å². The Bertz CT molecular complexity index is 4740. The van der Waals surface area contributed by atoms with Crippen LogP contribution in [0.25, 0.3) is 21.8 Å². The maximum absolute atomic E-state index is 15.0. The molecule has 6 aromatic rings. The minimum atomic E-state index is -2.04. The molecule has 40 heteroatoms. The van der Waals surface area contributed by atoms with Crippen LogP contribution in [0.4, 0.5) is 0 Å². The van der Waals surface area contributed by atoms with Gasteiger partial charge in [0, 0.05) is 79.6 Å². The number of aromatic nitrogens is 2. The normalized spacial score (nSPS) is 15.0. The second-order valence-corrected chi connectivity index (χ2v) is 31.0. The first-order valence-electron chi connectivity index (χ1n) is 39.8. The molecule has 0 aliphatic rings. The predicted octanol–water partition coefficient (Wildman–Crippen LogP) is -2.25. The summed E-state index contributed by atoms with van der Waals surface area (Å²) in [6.45, 7) is 11.8. The molecular weight excluding hydrogens is 1610 g/mol. The molecule has 40 nitrogen and oxygen atoms in total. The number of aromatic hydroxyl groups is 1. The molecule has 123 heavy (non-hydrogen) atoms. The number of carboxylic acid groups (broad SMARTS) is 3. The molecule has 24 N–H and O–H groups in total. The molecule has 2 aromatic heterocycles. The summed E-state index contributed by atoms with van der Waals surface area (Å²) in [6.07, 6.45) is -6.27. The smallest absolute Gasteiger partial charge is 0.305 e. The van der Waals surface area contributed by atoms with Gasteiger partial charge in [0.05, 0.1) is 25.2 Å². The van der Waals surface area contributed by atoms with E-state index in [4.69, 9.17) is 5.73 Å². The third kappa shape index (κ3) is 30.7. The number of phenolic OH excluding ortho intramolecular Hbond substituents is 1. The number of aliphatic hydroxyl groups excluding tert-OH is 3. The average Bonchev–Trinajstić information content (AvgIpc) is 1.65. The topological polar surface area (TPSA) is 646 Å². The summed E-state index contributed by atoms with van der Waals surface area (Å²) in [7, 11) is 0. The van der Waals surface area contributed by atoms with E-state index in [-0.39, 0.29) is 30.6 Å². The fourth-order valence-electron chi connectivity index (χ4n) is 13.3. The Hall–Kier alpha value is -13.4. The molecule has 0 radical (unpaired) electrons. The monoisotopic (exact) mass is 1710 g/mol. The van der Waals surface area contributed by atoms with E-state index in [1.54, 1.807) is 127 Å². The molecule has 6 rings (SSSR count). The molecule has 15 atom stereocenters. The van der Waals surface area contributed by atoms with E-state index >= 15 is 0 Å². The number of carbonyl (C=O) groups excluding carboxylic acids is 14. The van der Waals surface area contributed by atoms with Crippen LogP contribution in [0.1, 0.15) is 123 Å². The van der Waals surface area contributed by atoms with Crippen LogP contribution < -0.4 is 74.9 Å². The van der Waals surface area contributed by atoms with Gasteiger partial charge < -0.3 is 121 Å². The van der Waals surface area contributed by atoms with Crippen molar-refractivity contribution in [1.29, 1.82) is 0 Å². The first-order chi connectivity index (χ1) is 58.0. The van der Waals surface area contributed by atoms with Gasteiger partial charge >= 0.3 is 17.9 Å². The van der Waals surface area contributed by atoms with Crippen LogP contribution in [0.3, 0.4) is 0 Å². The molecule has 14 amide bonds.